The van der Waals surface area contributed by atoms with Crippen molar-refractivity contribution in [3.05, 3.63) is 47.0 Å². The average molecular weight is 535 g/mol. The zero-order valence-electron chi connectivity index (χ0n) is 11.4. The summed E-state index contributed by atoms with van der Waals surface area (Å²) in [5, 5.41) is 18.7. The first kappa shape index (κ1) is 20.3. The van der Waals surface area contributed by atoms with E-state index in [4.69, 9.17) is 0 Å². The van der Waals surface area contributed by atoms with Crippen LogP contribution in [-0.2, 0) is 17.7 Å². The van der Waals surface area contributed by atoms with Crippen molar-refractivity contribution in [3.63, 3.8) is 0 Å². The first-order valence-corrected chi connectivity index (χ1v) is 10.1. The molecule has 0 saturated carbocycles. The van der Waals surface area contributed by atoms with E-state index in [1.165, 1.54) is 6.08 Å². The van der Waals surface area contributed by atoms with Crippen LogP contribution in [0.25, 0.3) is 0 Å². The van der Waals surface area contributed by atoms with Crippen molar-refractivity contribution in [2.24, 2.45) is 0 Å². The van der Waals surface area contributed by atoms with E-state index in [0.717, 1.165) is 12.1 Å². The molecule has 0 saturated heterocycles. The Balaban J connectivity index is 3.64. The fraction of sp³-hybridized carbons (Fsp3) is 0.231. The third kappa shape index (κ3) is 5.40. The van der Waals surface area contributed by atoms with Gasteiger partial charge in [0.1, 0.15) is 0 Å². The lowest BCUT2D eigenvalue weighted by Gasteiger charge is -2.19. The molecule has 0 bridgehead atoms. The second-order valence-electron chi connectivity index (χ2n) is 4.52. The SMILES string of the molecule is C=CCS(=O)(=O)Cc1cc(C(=O)O)c(C(Br)(Br)Br)c(C(=O)O)c1. The van der Waals surface area contributed by atoms with Gasteiger partial charge in [0.15, 0.2) is 12.0 Å². The number of rotatable bonds is 6. The Morgan fingerprint density at radius 3 is 1.87 bits per heavy atom. The van der Waals surface area contributed by atoms with Gasteiger partial charge in [0.25, 0.3) is 0 Å². The van der Waals surface area contributed by atoms with Crippen LogP contribution in [0.2, 0.25) is 0 Å². The van der Waals surface area contributed by atoms with Gasteiger partial charge in [-0.05, 0) is 17.7 Å². The number of carbonyl (C=O) groups is 2. The summed E-state index contributed by atoms with van der Waals surface area (Å²) in [7, 11) is -3.56. The molecule has 0 aliphatic carbocycles. The number of carboxylic acid groups (broad SMARTS) is 2. The topological polar surface area (TPSA) is 109 Å². The van der Waals surface area contributed by atoms with E-state index < -0.39 is 29.7 Å². The molecular weight excluding hydrogens is 524 g/mol. The molecule has 0 aliphatic rings. The van der Waals surface area contributed by atoms with E-state index in [9.17, 15) is 28.2 Å². The Bertz CT molecular complexity index is 729. The number of benzene rings is 1. The van der Waals surface area contributed by atoms with Gasteiger partial charge in [-0.15, -0.1) is 6.58 Å². The second kappa shape index (κ2) is 7.45. The molecule has 10 heteroatoms. The summed E-state index contributed by atoms with van der Waals surface area (Å²) in [4.78, 5) is 22.9. The third-order valence-corrected chi connectivity index (χ3v) is 5.41. The number of carboxylic acids is 2. The van der Waals surface area contributed by atoms with Crippen molar-refractivity contribution in [1.82, 2.24) is 0 Å². The summed E-state index contributed by atoms with van der Waals surface area (Å²) in [6.45, 7) is 3.34. The van der Waals surface area contributed by atoms with Gasteiger partial charge < -0.3 is 10.2 Å². The lowest BCUT2D eigenvalue weighted by molar-refractivity contribution is 0.0695. The third-order valence-electron chi connectivity index (χ3n) is 2.70. The van der Waals surface area contributed by atoms with Gasteiger partial charge in [-0.2, -0.15) is 0 Å². The average Bonchev–Trinajstić information content (AvgIpc) is 2.35. The quantitative estimate of drug-likeness (QED) is 0.427. The predicted molar refractivity (Wildman–Crippen MR) is 96.5 cm³/mol. The molecule has 2 N–H and O–H groups in total. The smallest absolute Gasteiger partial charge is 0.336 e. The Morgan fingerprint density at radius 1 is 1.13 bits per heavy atom. The predicted octanol–water partition coefficient (Wildman–Crippen LogP) is 3.48. The van der Waals surface area contributed by atoms with E-state index in [0.29, 0.717) is 0 Å². The van der Waals surface area contributed by atoms with Crippen molar-refractivity contribution in [3.8, 4) is 0 Å². The lowest BCUT2D eigenvalue weighted by Crippen LogP contribution is -2.17. The van der Waals surface area contributed by atoms with Crippen LogP contribution in [0.3, 0.4) is 0 Å². The number of aromatic carboxylic acids is 2. The van der Waals surface area contributed by atoms with Gasteiger partial charge in [-0.25, -0.2) is 18.0 Å². The molecule has 0 atom stereocenters. The highest BCUT2D eigenvalue weighted by Crippen LogP contribution is 2.47. The second-order valence-corrected chi connectivity index (χ2v) is 13.4. The first-order chi connectivity index (χ1) is 10.4. The van der Waals surface area contributed by atoms with Crippen molar-refractivity contribution >= 4 is 69.6 Å². The molecule has 0 amide bonds. The molecule has 126 valence electrons. The van der Waals surface area contributed by atoms with Crippen LogP contribution in [-0.4, -0.2) is 36.3 Å². The maximum atomic E-state index is 11.9. The maximum Gasteiger partial charge on any atom is 0.336 e. The number of sulfone groups is 1. The van der Waals surface area contributed by atoms with Crippen LogP contribution in [0, 0.1) is 0 Å². The molecule has 0 aliphatic heterocycles. The molecule has 1 rings (SSSR count). The summed E-state index contributed by atoms with van der Waals surface area (Å²) < 4.78 is 22.4. The highest BCUT2D eigenvalue weighted by molar-refractivity contribution is 9.38. The van der Waals surface area contributed by atoms with E-state index in [1.54, 1.807) is 0 Å². The molecule has 0 aromatic heterocycles. The van der Waals surface area contributed by atoms with Crippen LogP contribution >= 0.6 is 47.8 Å². The highest BCUT2D eigenvalue weighted by atomic mass is 80.0. The molecule has 1 aromatic carbocycles. The minimum absolute atomic E-state index is 0.0714. The summed E-state index contributed by atoms with van der Waals surface area (Å²) in [6.07, 6.45) is 1.21. The van der Waals surface area contributed by atoms with Crippen LogP contribution in [0.5, 0.6) is 0 Å². The van der Waals surface area contributed by atoms with Crippen LogP contribution in [0.1, 0.15) is 31.8 Å². The zero-order chi connectivity index (χ0) is 18.0. The molecule has 1 aromatic rings. The summed E-state index contributed by atoms with van der Waals surface area (Å²) in [5.41, 5.74) is -0.678. The zero-order valence-corrected chi connectivity index (χ0v) is 17.0. The summed E-state index contributed by atoms with van der Waals surface area (Å²) >= 11 is 9.33. The van der Waals surface area contributed by atoms with E-state index >= 15 is 0 Å². The number of halogens is 3. The van der Waals surface area contributed by atoms with Crippen molar-refractivity contribution in [2.75, 3.05) is 5.75 Å². The minimum Gasteiger partial charge on any atom is -0.478 e. The molecule has 0 radical (unpaired) electrons. The fourth-order valence-corrected chi connectivity index (χ4v) is 4.35. The van der Waals surface area contributed by atoms with Crippen LogP contribution in [0.15, 0.2) is 24.8 Å². The summed E-state index contributed by atoms with van der Waals surface area (Å²) in [5.74, 6) is -3.54. The standard InChI is InChI=1S/C13H11Br3O6S/c1-2-3-23(21,22)6-7-4-8(11(17)18)10(13(14,15)16)9(5-7)12(19)20/h2,4-5H,1,3,6H2,(H,17,18)(H,19,20). The Labute approximate surface area is 157 Å². The molecule has 0 heterocycles. The van der Waals surface area contributed by atoms with Gasteiger partial charge >= 0.3 is 11.9 Å². The maximum absolute atomic E-state index is 11.9. The molecule has 23 heavy (non-hydrogen) atoms. The van der Waals surface area contributed by atoms with Gasteiger partial charge in [0, 0.05) is 5.56 Å². The number of hydrogen-bond donors (Lipinski definition) is 2. The molecule has 6 nitrogen and oxygen atoms in total. The largest absolute Gasteiger partial charge is 0.478 e. The first-order valence-electron chi connectivity index (χ1n) is 5.91. The Morgan fingerprint density at radius 2 is 1.57 bits per heavy atom. The molecule has 0 spiro atoms. The molecule has 0 unspecified atom stereocenters. The molecule has 0 fully saturated rings. The Kier molecular flexibility index (Phi) is 6.59. The van der Waals surface area contributed by atoms with E-state index in [1.807, 2.05) is 0 Å². The van der Waals surface area contributed by atoms with Gasteiger partial charge in [0.05, 0.1) is 22.6 Å². The number of alkyl halides is 3. The van der Waals surface area contributed by atoms with Crippen molar-refractivity contribution in [1.29, 1.82) is 0 Å². The summed E-state index contributed by atoms with van der Waals surface area (Å²) in [6, 6.07) is 2.28. The van der Waals surface area contributed by atoms with Crippen LogP contribution < -0.4 is 0 Å². The lowest BCUT2D eigenvalue weighted by atomic mass is 9.99. The van der Waals surface area contributed by atoms with Crippen molar-refractivity contribution in [2.45, 2.75) is 7.90 Å². The van der Waals surface area contributed by atoms with Gasteiger partial charge in [-0.1, -0.05) is 53.9 Å². The monoisotopic (exact) mass is 532 g/mol. The fourth-order valence-electron chi connectivity index (χ4n) is 1.92. The van der Waals surface area contributed by atoms with E-state index in [2.05, 4.69) is 54.4 Å². The minimum atomic E-state index is -3.56. The Hall–Kier alpha value is -0.710. The van der Waals surface area contributed by atoms with E-state index in [-0.39, 0.29) is 28.0 Å². The van der Waals surface area contributed by atoms with Gasteiger partial charge in [-0.3, -0.25) is 0 Å². The van der Waals surface area contributed by atoms with Crippen molar-refractivity contribution < 1.29 is 28.2 Å². The number of hydrogen-bond acceptors (Lipinski definition) is 4. The van der Waals surface area contributed by atoms with Crippen LogP contribution in [0.4, 0.5) is 0 Å². The molecular formula is C13H11Br3O6S. The van der Waals surface area contributed by atoms with Gasteiger partial charge in [0.2, 0.25) is 0 Å². The highest BCUT2D eigenvalue weighted by Gasteiger charge is 2.33. The normalized spacial score (nSPS) is 12.0.